The molecule has 0 unspecified atom stereocenters. The summed E-state index contributed by atoms with van der Waals surface area (Å²) in [4.78, 5) is 13.1. The first kappa shape index (κ1) is 25.1. The normalized spacial score (nSPS) is 20.6. The van der Waals surface area contributed by atoms with Gasteiger partial charge in [-0.05, 0) is 63.1 Å². The molecule has 3 aromatic rings. The lowest BCUT2D eigenvalue weighted by molar-refractivity contribution is -0.274. The minimum absolute atomic E-state index is 0.101. The van der Waals surface area contributed by atoms with Crippen LogP contribution in [0.15, 0.2) is 60.8 Å². The van der Waals surface area contributed by atoms with Crippen molar-refractivity contribution < 1.29 is 22.7 Å². The number of hydrogen-bond acceptors (Lipinski definition) is 4. The van der Waals surface area contributed by atoms with Crippen LogP contribution in [0.25, 0.3) is 0 Å². The van der Waals surface area contributed by atoms with Crippen LogP contribution in [0.4, 0.5) is 18.9 Å². The molecule has 4 rings (SSSR count). The van der Waals surface area contributed by atoms with E-state index in [9.17, 15) is 18.0 Å². The van der Waals surface area contributed by atoms with Crippen molar-refractivity contribution in [3.8, 4) is 5.75 Å². The molecule has 0 radical (unpaired) electrons. The number of benzene rings is 2. The van der Waals surface area contributed by atoms with E-state index in [1.165, 1.54) is 18.2 Å². The van der Waals surface area contributed by atoms with Gasteiger partial charge in [-0.25, -0.2) is 0 Å². The van der Waals surface area contributed by atoms with E-state index in [1.807, 2.05) is 29.1 Å². The van der Waals surface area contributed by atoms with Crippen LogP contribution in [0.2, 0.25) is 5.02 Å². The minimum Gasteiger partial charge on any atom is -0.406 e. The molecule has 3 atom stereocenters. The first-order valence-electron chi connectivity index (χ1n) is 11.1. The van der Waals surface area contributed by atoms with Gasteiger partial charge in [0.15, 0.2) is 0 Å². The third-order valence-electron chi connectivity index (χ3n) is 5.83. The van der Waals surface area contributed by atoms with Crippen LogP contribution in [0, 0.1) is 0 Å². The van der Waals surface area contributed by atoms with Gasteiger partial charge in [0.1, 0.15) is 5.75 Å². The molecule has 6 nitrogen and oxygen atoms in total. The maximum absolute atomic E-state index is 13.1. The Bertz CT molecular complexity index is 1190. The summed E-state index contributed by atoms with van der Waals surface area (Å²) in [6.07, 6.45) is -2.43. The fourth-order valence-corrected chi connectivity index (χ4v) is 4.30. The topological polar surface area (TPSA) is 68.2 Å². The molecule has 1 saturated heterocycles. The van der Waals surface area contributed by atoms with Crippen molar-refractivity contribution in [1.82, 2.24) is 15.1 Å². The second kappa shape index (κ2) is 9.54. The Balaban J connectivity index is 1.56. The molecular formula is C25H26ClF3N4O2. The second-order valence-corrected chi connectivity index (χ2v) is 9.95. The largest absolute Gasteiger partial charge is 0.573 e. The highest BCUT2D eigenvalue weighted by Gasteiger charge is 2.40. The molecule has 1 aliphatic heterocycles. The summed E-state index contributed by atoms with van der Waals surface area (Å²) in [5.74, 6) is -0.861. The van der Waals surface area contributed by atoms with Crippen molar-refractivity contribution in [2.75, 3.05) is 5.32 Å². The Morgan fingerprint density at radius 1 is 1.14 bits per heavy atom. The third-order valence-corrected chi connectivity index (χ3v) is 6.08. The molecular weight excluding hydrogens is 481 g/mol. The van der Waals surface area contributed by atoms with Crippen LogP contribution in [0.3, 0.4) is 0 Å². The quantitative estimate of drug-likeness (QED) is 0.444. The number of hydrogen-bond donors (Lipinski definition) is 2. The van der Waals surface area contributed by atoms with E-state index in [0.29, 0.717) is 11.4 Å². The average molecular weight is 507 g/mol. The molecule has 2 aromatic carbocycles. The number of aromatic nitrogens is 2. The molecule has 10 heteroatoms. The number of alkyl halides is 3. The molecule has 1 amide bonds. The fourth-order valence-electron chi connectivity index (χ4n) is 4.17. The first-order chi connectivity index (χ1) is 16.4. The van der Waals surface area contributed by atoms with Crippen LogP contribution in [-0.2, 0) is 10.3 Å². The molecule has 2 N–H and O–H groups in total. The standard InChI is InChI=1S/C25H26ClF3N4O2/c1-24(2,3)33-12-11-20(32-33)19-14-21(31-22(19)15-7-9-16(26)10-8-15)23(34)30-17-5-4-6-18(13-17)35-25(27,28)29/h4-13,19,21-22,31H,14H2,1-3H3,(H,30,34)/t19-,21+,22+/m1/s1. The van der Waals surface area contributed by atoms with Crippen LogP contribution in [-0.4, -0.2) is 28.1 Å². The van der Waals surface area contributed by atoms with Gasteiger partial charge in [-0.15, -0.1) is 13.2 Å². The summed E-state index contributed by atoms with van der Waals surface area (Å²) in [6, 6.07) is 13.8. The number of ether oxygens (including phenoxy) is 1. The zero-order valence-electron chi connectivity index (χ0n) is 19.4. The Morgan fingerprint density at radius 3 is 2.49 bits per heavy atom. The van der Waals surface area contributed by atoms with Crippen LogP contribution in [0.1, 0.15) is 50.4 Å². The van der Waals surface area contributed by atoms with E-state index < -0.39 is 18.2 Å². The van der Waals surface area contributed by atoms with E-state index in [0.717, 1.165) is 17.3 Å². The molecule has 0 saturated carbocycles. The number of carbonyl (C=O) groups is 1. The summed E-state index contributed by atoms with van der Waals surface area (Å²) in [7, 11) is 0. The Morgan fingerprint density at radius 2 is 1.86 bits per heavy atom. The zero-order chi connectivity index (χ0) is 25.4. The molecule has 1 aliphatic rings. The van der Waals surface area contributed by atoms with E-state index in [4.69, 9.17) is 16.7 Å². The Kier molecular flexibility index (Phi) is 6.83. The number of nitrogens with zero attached hydrogens (tertiary/aromatic N) is 2. The summed E-state index contributed by atoms with van der Waals surface area (Å²) in [5, 5.41) is 11.5. The molecule has 1 aromatic heterocycles. The van der Waals surface area contributed by atoms with Gasteiger partial charge in [0.25, 0.3) is 0 Å². The molecule has 35 heavy (non-hydrogen) atoms. The van der Waals surface area contributed by atoms with Crippen LogP contribution >= 0.6 is 11.6 Å². The van der Waals surface area contributed by atoms with Gasteiger partial charge < -0.3 is 10.1 Å². The van der Waals surface area contributed by atoms with Gasteiger partial charge in [0.2, 0.25) is 5.91 Å². The first-order valence-corrected chi connectivity index (χ1v) is 11.5. The molecule has 0 spiro atoms. The third kappa shape index (κ3) is 6.15. The smallest absolute Gasteiger partial charge is 0.406 e. The van der Waals surface area contributed by atoms with E-state index in [2.05, 4.69) is 36.1 Å². The van der Waals surface area contributed by atoms with Crippen molar-refractivity contribution >= 4 is 23.2 Å². The number of halogens is 4. The summed E-state index contributed by atoms with van der Waals surface area (Å²) < 4.78 is 43.5. The fraction of sp³-hybridized carbons (Fsp3) is 0.360. The second-order valence-electron chi connectivity index (χ2n) is 9.51. The number of carbonyl (C=O) groups excluding carboxylic acids is 1. The molecule has 0 aliphatic carbocycles. The Labute approximate surface area is 206 Å². The summed E-state index contributed by atoms with van der Waals surface area (Å²) in [5.41, 5.74) is 1.83. The lowest BCUT2D eigenvalue weighted by Crippen LogP contribution is -2.36. The van der Waals surface area contributed by atoms with Crippen molar-refractivity contribution in [1.29, 1.82) is 0 Å². The van der Waals surface area contributed by atoms with E-state index >= 15 is 0 Å². The highest BCUT2D eigenvalue weighted by atomic mass is 35.5. The van der Waals surface area contributed by atoms with Gasteiger partial charge >= 0.3 is 6.36 Å². The van der Waals surface area contributed by atoms with Gasteiger partial charge in [-0.1, -0.05) is 29.8 Å². The monoisotopic (exact) mass is 506 g/mol. The van der Waals surface area contributed by atoms with Crippen LogP contribution < -0.4 is 15.4 Å². The van der Waals surface area contributed by atoms with E-state index in [1.54, 1.807) is 12.1 Å². The molecule has 186 valence electrons. The van der Waals surface area contributed by atoms with E-state index in [-0.39, 0.29) is 29.1 Å². The zero-order valence-corrected chi connectivity index (χ0v) is 20.2. The van der Waals surface area contributed by atoms with Gasteiger partial charge in [0.05, 0.1) is 17.3 Å². The number of rotatable bonds is 5. The molecule has 1 fully saturated rings. The van der Waals surface area contributed by atoms with Crippen molar-refractivity contribution in [3.63, 3.8) is 0 Å². The van der Waals surface area contributed by atoms with Gasteiger partial charge in [-0.3, -0.25) is 14.8 Å². The van der Waals surface area contributed by atoms with Crippen molar-refractivity contribution in [3.05, 3.63) is 77.1 Å². The maximum atomic E-state index is 13.1. The molecule has 2 heterocycles. The lowest BCUT2D eigenvalue weighted by Gasteiger charge is -2.21. The molecule has 0 bridgehead atoms. The number of nitrogens with one attached hydrogen (secondary N) is 2. The summed E-state index contributed by atoms with van der Waals surface area (Å²) in [6.45, 7) is 6.17. The van der Waals surface area contributed by atoms with Crippen molar-refractivity contribution in [2.45, 2.75) is 57.1 Å². The highest BCUT2D eigenvalue weighted by Crippen LogP contribution is 2.40. The number of anilines is 1. The average Bonchev–Trinajstić information content (AvgIpc) is 3.41. The Hall–Kier alpha value is -3.04. The summed E-state index contributed by atoms with van der Waals surface area (Å²) >= 11 is 6.07. The van der Waals surface area contributed by atoms with Crippen LogP contribution in [0.5, 0.6) is 5.75 Å². The SMILES string of the molecule is CC(C)(C)n1ccc([C@H]2C[C@@H](C(=O)Nc3cccc(OC(F)(F)F)c3)N[C@H]2c2ccc(Cl)cc2)n1. The van der Waals surface area contributed by atoms with Gasteiger partial charge in [-0.2, -0.15) is 5.10 Å². The highest BCUT2D eigenvalue weighted by molar-refractivity contribution is 6.30. The predicted octanol–water partition coefficient (Wildman–Crippen LogP) is 6.02. The number of amides is 1. The maximum Gasteiger partial charge on any atom is 0.573 e. The predicted molar refractivity (Wildman–Crippen MR) is 127 cm³/mol. The minimum atomic E-state index is -4.81. The van der Waals surface area contributed by atoms with Crippen molar-refractivity contribution in [2.24, 2.45) is 0 Å². The lowest BCUT2D eigenvalue weighted by atomic mass is 9.90. The van der Waals surface area contributed by atoms with Gasteiger partial charge in [0, 0.05) is 34.9 Å².